The van der Waals surface area contributed by atoms with E-state index in [0.717, 1.165) is 5.56 Å². The molecule has 0 aromatic heterocycles. The van der Waals surface area contributed by atoms with Crippen LogP contribution >= 0.6 is 0 Å². The summed E-state index contributed by atoms with van der Waals surface area (Å²) in [4.78, 5) is 12.4. The highest BCUT2D eigenvalue weighted by Crippen LogP contribution is 2.35. The number of carbonyl (C=O) groups is 1. The van der Waals surface area contributed by atoms with E-state index in [4.69, 9.17) is 14.2 Å². The second kappa shape index (κ2) is 8.38. The Labute approximate surface area is 149 Å². The number of allylic oxidation sites excluding steroid dienone is 1. The van der Waals surface area contributed by atoms with E-state index in [9.17, 15) is 4.79 Å². The highest BCUT2D eigenvalue weighted by molar-refractivity contribution is 6.07. The fraction of sp³-hybridized carbons (Fsp3) is 0.286. The molecule has 0 fully saturated rings. The van der Waals surface area contributed by atoms with E-state index >= 15 is 0 Å². The summed E-state index contributed by atoms with van der Waals surface area (Å²) in [7, 11) is 4.71. The van der Waals surface area contributed by atoms with Crippen LogP contribution in [0.3, 0.4) is 0 Å². The minimum Gasteiger partial charge on any atom is -0.496 e. The molecule has 132 valence electrons. The van der Waals surface area contributed by atoms with Gasteiger partial charge < -0.3 is 14.2 Å². The second-order valence-electron chi connectivity index (χ2n) is 5.92. The van der Waals surface area contributed by atoms with Crippen LogP contribution in [0.2, 0.25) is 0 Å². The average molecular weight is 340 g/mol. The number of rotatable bonds is 7. The van der Waals surface area contributed by atoms with Crippen molar-refractivity contribution in [1.29, 1.82) is 0 Å². The van der Waals surface area contributed by atoms with E-state index in [1.54, 1.807) is 39.5 Å². The maximum atomic E-state index is 12.4. The van der Waals surface area contributed by atoms with Crippen LogP contribution in [-0.4, -0.2) is 27.1 Å². The van der Waals surface area contributed by atoms with Gasteiger partial charge in [-0.05, 0) is 29.7 Å². The zero-order valence-electron chi connectivity index (χ0n) is 15.3. The van der Waals surface area contributed by atoms with Crippen molar-refractivity contribution in [2.75, 3.05) is 21.3 Å². The van der Waals surface area contributed by atoms with Gasteiger partial charge in [-0.1, -0.05) is 38.1 Å². The zero-order chi connectivity index (χ0) is 18.4. The molecule has 0 amide bonds. The summed E-state index contributed by atoms with van der Waals surface area (Å²) in [6.45, 7) is 4.25. The Bertz CT molecular complexity index is 758. The number of ether oxygens (including phenoxy) is 3. The Hall–Kier alpha value is -2.75. The molecular formula is C21H24O4. The fourth-order valence-electron chi connectivity index (χ4n) is 2.48. The number of hydrogen-bond acceptors (Lipinski definition) is 4. The Morgan fingerprint density at radius 2 is 1.44 bits per heavy atom. The van der Waals surface area contributed by atoms with Crippen LogP contribution in [-0.2, 0) is 0 Å². The van der Waals surface area contributed by atoms with Crippen molar-refractivity contribution >= 4 is 11.9 Å². The third-order valence-electron chi connectivity index (χ3n) is 4.01. The molecule has 0 unspecified atom stereocenters. The first-order valence-corrected chi connectivity index (χ1v) is 8.12. The number of methoxy groups -OCH3 is 3. The minimum absolute atomic E-state index is 0.0628. The van der Waals surface area contributed by atoms with E-state index in [1.807, 2.05) is 24.3 Å². The van der Waals surface area contributed by atoms with Gasteiger partial charge in [0, 0.05) is 17.2 Å². The summed E-state index contributed by atoms with van der Waals surface area (Å²) < 4.78 is 15.9. The summed E-state index contributed by atoms with van der Waals surface area (Å²) in [6.07, 6.45) is 3.26. The van der Waals surface area contributed by atoms with Gasteiger partial charge in [-0.25, -0.2) is 0 Å². The number of ketones is 1. The molecule has 2 rings (SSSR count). The summed E-state index contributed by atoms with van der Waals surface area (Å²) in [5.74, 6) is 2.14. The van der Waals surface area contributed by atoms with E-state index in [-0.39, 0.29) is 5.78 Å². The van der Waals surface area contributed by atoms with Crippen molar-refractivity contribution < 1.29 is 19.0 Å². The largest absolute Gasteiger partial charge is 0.496 e. The third kappa shape index (κ3) is 4.41. The monoisotopic (exact) mass is 340 g/mol. The summed E-state index contributed by atoms with van der Waals surface area (Å²) in [6, 6.07) is 11.2. The molecule has 2 aromatic carbocycles. The molecule has 2 aromatic rings. The smallest absolute Gasteiger partial charge is 0.185 e. The molecule has 0 saturated carbocycles. The Morgan fingerprint density at radius 1 is 0.880 bits per heavy atom. The maximum absolute atomic E-state index is 12.4. The third-order valence-corrected chi connectivity index (χ3v) is 4.01. The highest BCUT2D eigenvalue weighted by atomic mass is 16.5. The summed E-state index contributed by atoms with van der Waals surface area (Å²) in [5.41, 5.74) is 2.61. The lowest BCUT2D eigenvalue weighted by Crippen LogP contribution is -1.97. The Kier molecular flexibility index (Phi) is 6.23. The molecule has 0 heterocycles. The van der Waals surface area contributed by atoms with Crippen molar-refractivity contribution in [2.45, 2.75) is 19.8 Å². The standard InChI is InChI=1S/C21H24O4/c1-14(2)15-6-8-16(9-7-15)18(22)11-10-17-12-20(24-4)21(25-5)13-19(17)23-3/h6-14H,1-5H3/b11-10+. The van der Waals surface area contributed by atoms with Gasteiger partial charge in [-0.3, -0.25) is 4.79 Å². The SMILES string of the molecule is COc1cc(OC)c(OC)cc1/C=C/C(=O)c1ccc(C(C)C)cc1. The van der Waals surface area contributed by atoms with E-state index in [1.165, 1.54) is 11.6 Å². The van der Waals surface area contributed by atoms with Crippen LogP contribution in [0.4, 0.5) is 0 Å². The first kappa shape index (κ1) is 18.6. The molecule has 25 heavy (non-hydrogen) atoms. The van der Waals surface area contributed by atoms with Gasteiger partial charge in [0.15, 0.2) is 17.3 Å². The van der Waals surface area contributed by atoms with Crippen LogP contribution in [0.25, 0.3) is 6.08 Å². The quantitative estimate of drug-likeness (QED) is 0.540. The van der Waals surface area contributed by atoms with Gasteiger partial charge in [0.05, 0.1) is 21.3 Å². The van der Waals surface area contributed by atoms with Gasteiger partial charge >= 0.3 is 0 Å². The Morgan fingerprint density at radius 3 is 1.96 bits per heavy atom. The lowest BCUT2D eigenvalue weighted by molar-refractivity contribution is 0.104. The average Bonchev–Trinajstić information content (AvgIpc) is 2.65. The minimum atomic E-state index is -0.0628. The van der Waals surface area contributed by atoms with Crippen LogP contribution in [0.5, 0.6) is 17.2 Å². The predicted octanol–water partition coefficient (Wildman–Crippen LogP) is 4.73. The molecule has 0 bridgehead atoms. The molecule has 0 radical (unpaired) electrons. The molecule has 4 heteroatoms. The molecule has 0 atom stereocenters. The van der Waals surface area contributed by atoms with E-state index in [0.29, 0.717) is 28.7 Å². The topological polar surface area (TPSA) is 44.8 Å². The molecule has 0 aliphatic rings. The Balaban J connectivity index is 2.26. The van der Waals surface area contributed by atoms with E-state index in [2.05, 4.69) is 13.8 Å². The highest BCUT2D eigenvalue weighted by Gasteiger charge is 2.11. The predicted molar refractivity (Wildman–Crippen MR) is 100.0 cm³/mol. The van der Waals surface area contributed by atoms with Crippen molar-refractivity contribution in [1.82, 2.24) is 0 Å². The molecule has 0 aliphatic carbocycles. The van der Waals surface area contributed by atoms with Crippen LogP contribution in [0.15, 0.2) is 42.5 Å². The normalized spacial score (nSPS) is 11.0. The van der Waals surface area contributed by atoms with Gasteiger partial charge in [0.1, 0.15) is 5.75 Å². The molecular weight excluding hydrogens is 316 g/mol. The van der Waals surface area contributed by atoms with Crippen molar-refractivity contribution in [3.63, 3.8) is 0 Å². The second-order valence-corrected chi connectivity index (χ2v) is 5.92. The molecule has 0 spiro atoms. The lowest BCUT2D eigenvalue weighted by Gasteiger charge is -2.12. The van der Waals surface area contributed by atoms with Crippen molar-refractivity contribution in [3.05, 3.63) is 59.2 Å². The van der Waals surface area contributed by atoms with Gasteiger partial charge in [0.2, 0.25) is 0 Å². The van der Waals surface area contributed by atoms with Crippen LogP contribution in [0, 0.1) is 0 Å². The number of hydrogen-bond donors (Lipinski definition) is 0. The van der Waals surface area contributed by atoms with Crippen molar-refractivity contribution in [2.24, 2.45) is 0 Å². The van der Waals surface area contributed by atoms with Gasteiger partial charge in [-0.2, -0.15) is 0 Å². The molecule has 0 aliphatic heterocycles. The first-order chi connectivity index (χ1) is 12.0. The van der Waals surface area contributed by atoms with Crippen molar-refractivity contribution in [3.8, 4) is 17.2 Å². The van der Waals surface area contributed by atoms with Gasteiger partial charge in [0.25, 0.3) is 0 Å². The molecule has 0 N–H and O–H groups in total. The fourth-order valence-corrected chi connectivity index (χ4v) is 2.48. The van der Waals surface area contributed by atoms with Gasteiger partial charge in [-0.15, -0.1) is 0 Å². The molecule has 4 nitrogen and oxygen atoms in total. The van der Waals surface area contributed by atoms with E-state index < -0.39 is 0 Å². The first-order valence-electron chi connectivity index (χ1n) is 8.12. The molecule has 0 saturated heterocycles. The zero-order valence-corrected chi connectivity index (χ0v) is 15.3. The number of benzene rings is 2. The summed E-state index contributed by atoms with van der Waals surface area (Å²) >= 11 is 0. The number of carbonyl (C=O) groups excluding carboxylic acids is 1. The van der Waals surface area contributed by atoms with Crippen LogP contribution < -0.4 is 14.2 Å². The van der Waals surface area contributed by atoms with Crippen LogP contribution in [0.1, 0.15) is 41.3 Å². The maximum Gasteiger partial charge on any atom is 0.185 e. The summed E-state index contributed by atoms with van der Waals surface area (Å²) in [5, 5.41) is 0. The lowest BCUT2D eigenvalue weighted by atomic mass is 10.00.